The normalized spacial score (nSPS) is 30.6. The molecular formula is C18H23NO. The van der Waals surface area contributed by atoms with Gasteiger partial charge in [-0.3, -0.25) is 4.79 Å². The summed E-state index contributed by atoms with van der Waals surface area (Å²) in [6.07, 6.45) is 3.07. The predicted molar refractivity (Wildman–Crippen MR) is 82.5 cm³/mol. The molecule has 20 heavy (non-hydrogen) atoms. The summed E-state index contributed by atoms with van der Waals surface area (Å²) in [4.78, 5) is 12.8. The van der Waals surface area contributed by atoms with Crippen LogP contribution in [0.5, 0.6) is 0 Å². The van der Waals surface area contributed by atoms with Gasteiger partial charge in [-0.15, -0.1) is 0 Å². The first kappa shape index (κ1) is 13.4. The summed E-state index contributed by atoms with van der Waals surface area (Å²) in [5.41, 5.74) is 2.98. The Hall–Kier alpha value is -1.57. The highest BCUT2D eigenvalue weighted by Gasteiger charge is 2.60. The highest BCUT2D eigenvalue weighted by Crippen LogP contribution is 2.65. The molecule has 1 amide bonds. The van der Waals surface area contributed by atoms with Crippen LogP contribution in [0.3, 0.4) is 0 Å². The Morgan fingerprint density at radius 1 is 1.30 bits per heavy atom. The van der Waals surface area contributed by atoms with Gasteiger partial charge in [0.2, 0.25) is 5.91 Å². The SMILES string of the molecule is C=C1C(C)(C)[C@H]2CC[C@]1(C(=O)Nc1ccc(C)cc1)C2. The van der Waals surface area contributed by atoms with E-state index in [1.54, 1.807) is 0 Å². The molecule has 1 aromatic rings. The number of hydrogen-bond donors (Lipinski definition) is 1. The summed E-state index contributed by atoms with van der Waals surface area (Å²) in [5, 5.41) is 3.10. The van der Waals surface area contributed by atoms with Gasteiger partial charge in [0.25, 0.3) is 0 Å². The van der Waals surface area contributed by atoms with Crippen molar-refractivity contribution in [2.24, 2.45) is 16.7 Å². The molecule has 1 N–H and O–H groups in total. The molecule has 2 heteroatoms. The molecule has 2 aliphatic rings. The van der Waals surface area contributed by atoms with Crippen LogP contribution in [-0.4, -0.2) is 5.91 Å². The third kappa shape index (κ3) is 1.74. The number of benzene rings is 1. The maximum Gasteiger partial charge on any atom is 0.234 e. The summed E-state index contributed by atoms with van der Waals surface area (Å²) in [7, 11) is 0. The Morgan fingerprint density at radius 3 is 2.50 bits per heavy atom. The number of carbonyl (C=O) groups is 1. The van der Waals surface area contributed by atoms with Crippen molar-refractivity contribution in [3.05, 3.63) is 42.0 Å². The molecule has 0 aliphatic heterocycles. The highest BCUT2D eigenvalue weighted by atomic mass is 16.2. The van der Waals surface area contributed by atoms with Crippen LogP contribution in [0.2, 0.25) is 0 Å². The fourth-order valence-corrected chi connectivity index (χ4v) is 4.03. The molecule has 0 unspecified atom stereocenters. The Labute approximate surface area is 121 Å². The van der Waals surface area contributed by atoms with Crippen molar-refractivity contribution in [3.8, 4) is 0 Å². The van der Waals surface area contributed by atoms with Crippen molar-refractivity contribution < 1.29 is 4.79 Å². The minimum Gasteiger partial charge on any atom is -0.325 e. The number of amides is 1. The number of rotatable bonds is 2. The Bertz CT molecular complexity index is 570. The van der Waals surface area contributed by atoms with Crippen LogP contribution in [0.25, 0.3) is 0 Å². The molecule has 2 bridgehead atoms. The number of nitrogens with one attached hydrogen (secondary N) is 1. The van der Waals surface area contributed by atoms with Crippen molar-refractivity contribution in [2.75, 3.05) is 5.32 Å². The van der Waals surface area contributed by atoms with Crippen LogP contribution in [0.1, 0.15) is 38.7 Å². The fraction of sp³-hybridized carbons (Fsp3) is 0.500. The smallest absolute Gasteiger partial charge is 0.234 e. The quantitative estimate of drug-likeness (QED) is 0.796. The molecule has 2 nitrogen and oxygen atoms in total. The zero-order valence-electron chi connectivity index (χ0n) is 12.6. The van der Waals surface area contributed by atoms with Gasteiger partial charge in [-0.05, 0) is 49.7 Å². The summed E-state index contributed by atoms with van der Waals surface area (Å²) in [6, 6.07) is 7.99. The lowest BCUT2D eigenvalue weighted by Gasteiger charge is -2.37. The van der Waals surface area contributed by atoms with Crippen LogP contribution in [0.15, 0.2) is 36.4 Å². The van der Waals surface area contributed by atoms with Crippen LogP contribution < -0.4 is 5.32 Å². The first-order valence-electron chi connectivity index (χ1n) is 7.44. The summed E-state index contributed by atoms with van der Waals surface area (Å²) >= 11 is 0. The minimum absolute atomic E-state index is 0.100. The molecular weight excluding hydrogens is 246 g/mol. The second kappa shape index (κ2) is 4.21. The molecule has 106 valence electrons. The first-order chi connectivity index (χ1) is 9.36. The molecule has 0 aromatic heterocycles. The number of anilines is 1. The second-order valence-electron chi connectivity index (χ2n) is 7.04. The predicted octanol–water partition coefficient (Wildman–Crippen LogP) is 4.32. The summed E-state index contributed by atoms with van der Waals surface area (Å²) in [6.45, 7) is 10.8. The fourth-order valence-electron chi connectivity index (χ4n) is 4.03. The number of aryl methyl sites for hydroxylation is 1. The number of hydrogen-bond acceptors (Lipinski definition) is 1. The van der Waals surface area contributed by atoms with Gasteiger partial charge >= 0.3 is 0 Å². The maximum absolute atomic E-state index is 12.8. The van der Waals surface area contributed by atoms with E-state index >= 15 is 0 Å². The maximum atomic E-state index is 12.8. The molecule has 2 atom stereocenters. The van der Waals surface area contributed by atoms with Gasteiger partial charge in [-0.2, -0.15) is 0 Å². The topological polar surface area (TPSA) is 29.1 Å². The second-order valence-corrected chi connectivity index (χ2v) is 7.04. The lowest BCUT2D eigenvalue weighted by Crippen LogP contribution is -2.37. The van der Waals surface area contributed by atoms with Crippen molar-refractivity contribution in [3.63, 3.8) is 0 Å². The lowest BCUT2D eigenvalue weighted by molar-refractivity contribution is -0.123. The van der Waals surface area contributed by atoms with Crippen molar-refractivity contribution in [1.29, 1.82) is 0 Å². The summed E-state index contributed by atoms with van der Waals surface area (Å²) < 4.78 is 0. The molecule has 2 fully saturated rings. The van der Waals surface area contributed by atoms with Crippen molar-refractivity contribution >= 4 is 11.6 Å². The van der Waals surface area contributed by atoms with Crippen LogP contribution in [0, 0.1) is 23.7 Å². The van der Waals surface area contributed by atoms with E-state index in [2.05, 4.69) is 25.7 Å². The average Bonchev–Trinajstić information content (AvgIpc) is 2.93. The average molecular weight is 269 g/mol. The molecule has 0 radical (unpaired) electrons. The first-order valence-corrected chi connectivity index (χ1v) is 7.44. The molecule has 3 rings (SSSR count). The monoisotopic (exact) mass is 269 g/mol. The number of fused-ring (bicyclic) bond motifs is 2. The van der Waals surface area contributed by atoms with E-state index in [4.69, 9.17) is 0 Å². The third-order valence-corrected chi connectivity index (χ3v) is 5.63. The lowest BCUT2D eigenvalue weighted by atomic mass is 9.68. The standard InChI is InChI=1S/C18H23NO/c1-12-5-7-15(8-6-12)19-16(20)18-10-9-14(11-18)17(3,4)13(18)2/h5-8,14H,2,9-11H2,1,3-4H3,(H,19,20)/t14-,18-/m0/s1. The Balaban J connectivity index is 1.84. The zero-order chi connectivity index (χ0) is 14.5. The molecule has 0 saturated heterocycles. The zero-order valence-corrected chi connectivity index (χ0v) is 12.6. The van der Waals surface area contributed by atoms with Crippen LogP contribution in [-0.2, 0) is 4.79 Å². The molecule has 0 heterocycles. The molecule has 0 spiro atoms. The minimum atomic E-state index is -0.334. The Kier molecular flexibility index (Phi) is 2.82. The largest absolute Gasteiger partial charge is 0.325 e. The van der Waals surface area contributed by atoms with E-state index in [1.807, 2.05) is 31.2 Å². The van der Waals surface area contributed by atoms with Gasteiger partial charge in [0, 0.05) is 5.69 Å². The van der Waals surface area contributed by atoms with E-state index in [-0.39, 0.29) is 16.7 Å². The third-order valence-electron chi connectivity index (χ3n) is 5.63. The Morgan fingerprint density at radius 2 is 1.95 bits per heavy atom. The van der Waals surface area contributed by atoms with Gasteiger partial charge in [0.1, 0.15) is 0 Å². The molecule has 1 aromatic carbocycles. The van der Waals surface area contributed by atoms with Gasteiger partial charge in [-0.1, -0.05) is 43.7 Å². The van der Waals surface area contributed by atoms with E-state index in [1.165, 1.54) is 5.56 Å². The number of carbonyl (C=O) groups excluding carboxylic acids is 1. The molecule has 2 aliphatic carbocycles. The van der Waals surface area contributed by atoms with Crippen molar-refractivity contribution in [1.82, 2.24) is 0 Å². The van der Waals surface area contributed by atoms with E-state index in [0.717, 1.165) is 30.5 Å². The van der Waals surface area contributed by atoms with Gasteiger partial charge in [0.05, 0.1) is 5.41 Å². The van der Waals surface area contributed by atoms with E-state index in [0.29, 0.717) is 5.92 Å². The van der Waals surface area contributed by atoms with Gasteiger partial charge in [0.15, 0.2) is 0 Å². The van der Waals surface area contributed by atoms with Crippen LogP contribution >= 0.6 is 0 Å². The van der Waals surface area contributed by atoms with Crippen molar-refractivity contribution in [2.45, 2.75) is 40.0 Å². The summed E-state index contributed by atoms with van der Waals surface area (Å²) in [5.74, 6) is 0.748. The highest BCUT2D eigenvalue weighted by molar-refractivity contribution is 5.98. The van der Waals surface area contributed by atoms with E-state index in [9.17, 15) is 4.79 Å². The van der Waals surface area contributed by atoms with Crippen LogP contribution in [0.4, 0.5) is 5.69 Å². The van der Waals surface area contributed by atoms with Gasteiger partial charge < -0.3 is 5.32 Å². The van der Waals surface area contributed by atoms with E-state index < -0.39 is 0 Å². The van der Waals surface area contributed by atoms with Gasteiger partial charge in [-0.25, -0.2) is 0 Å². The molecule has 2 saturated carbocycles.